The molecule has 0 spiro atoms. The molecule has 9 heteroatoms. The highest BCUT2D eigenvalue weighted by molar-refractivity contribution is 5.85. The van der Waals surface area contributed by atoms with Gasteiger partial charge in [0.15, 0.2) is 5.96 Å². The predicted octanol–water partition coefficient (Wildman–Crippen LogP) is 10.1. The maximum atomic E-state index is 12.8. The van der Waals surface area contributed by atoms with Crippen molar-refractivity contribution in [2.24, 2.45) is 5.73 Å². The second-order valence-electron chi connectivity index (χ2n) is 13.1. The first-order valence-electron chi connectivity index (χ1n) is 19.3. The summed E-state index contributed by atoms with van der Waals surface area (Å²) >= 11 is 0. The summed E-state index contributed by atoms with van der Waals surface area (Å²) in [6, 6.07) is -0.653. The minimum absolute atomic E-state index is 0. The van der Waals surface area contributed by atoms with E-state index in [9.17, 15) is 9.59 Å². The van der Waals surface area contributed by atoms with Gasteiger partial charge in [0.05, 0.1) is 6.61 Å². The Labute approximate surface area is 290 Å². The van der Waals surface area contributed by atoms with Crippen LogP contribution in [-0.2, 0) is 9.53 Å². The molecular weight excluding hydrogens is 598 g/mol. The fourth-order valence-corrected chi connectivity index (χ4v) is 5.74. The number of halogens is 1. The van der Waals surface area contributed by atoms with Crippen LogP contribution in [0.3, 0.4) is 0 Å². The Hall–Kier alpha value is -1.70. The van der Waals surface area contributed by atoms with Gasteiger partial charge >= 0.3 is 6.09 Å². The van der Waals surface area contributed by atoms with Gasteiger partial charge in [-0.3, -0.25) is 10.2 Å². The Morgan fingerprint density at radius 3 is 1.35 bits per heavy atom. The highest BCUT2D eigenvalue weighted by atomic mass is 35.5. The number of alkyl carbamates (subject to hydrolysis) is 1. The lowest BCUT2D eigenvalue weighted by Gasteiger charge is -2.18. The standard InChI is InChI=1S/C37H75N5O3.ClH/c1-3-5-7-9-11-13-15-16-17-18-19-20-22-24-26-28-33-45-37(44)42-34(30-29-32-41-36(38)39)35(43)40-31-27-25-23-21-14-12-10-8-6-4-2;/h34H,3-33H2,1-2H3,(H,40,43)(H,42,44)(H4,38,39,41);1H. The van der Waals surface area contributed by atoms with Crippen LogP contribution in [0.5, 0.6) is 0 Å². The minimum Gasteiger partial charge on any atom is -0.450 e. The summed E-state index contributed by atoms with van der Waals surface area (Å²) in [5.74, 6) is -0.267. The maximum Gasteiger partial charge on any atom is 0.407 e. The van der Waals surface area contributed by atoms with Crippen molar-refractivity contribution in [2.45, 2.75) is 200 Å². The SMILES string of the molecule is CCCCCCCCCCCCCCCCCCOC(=O)NC(CCCNC(=N)N)C(=O)NCCCCCCCCCCCC.Cl. The average molecular weight is 674 g/mol. The molecule has 1 atom stereocenters. The largest absolute Gasteiger partial charge is 0.450 e. The number of carbonyl (C=O) groups is 2. The summed E-state index contributed by atoms with van der Waals surface area (Å²) in [4.78, 5) is 25.3. The molecule has 2 amide bonds. The van der Waals surface area contributed by atoms with Crippen LogP contribution in [0, 0.1) is 5.41 Å². The molecule has 0 rings (SSSR count). The molecule has 6 N–H and O–H groups in total. The van der Waals surface area contributed by atoms with Gasteiger partial charge in [0.2, 0.25) is 5.91 Å². The first-order chi connectivity index (χ1) is 22.0. The third kappa shape index (κ3) is 35.2. The van der Waals surface area contributed by atoms with Crippen molar-refractivity contribution >= 4 is 30.4 Å². The van der Waals surface area contributed by atoms with Crippen molar-refractivity contribution in [3.05, 3.63) is 0 Å². The number of nitrogens with two attached hydrogens (primary N) is 1. The summed E-state index contributed by atoms with van der Waals surface area (Å²) < 4.78 is 5.40. The molecule has 0 aliphatic rings. The van der Waals surface area contributed by atoms with Crippen molar-refractivity contribution in [1.82, 2.24) is 16.0 Å². The van der Waals surface area contributed by atoms with Gasteiger partial charge in [-0.15, -0.1) is 12.4 Å². The number of guanidine groups is 1. The van der Waals surface area contributed by atoms with Gasteiger partial charge < -0.3 is 26.4 Å². The lowest BCUT2D eigenvalue weighted by Crippen LogP contribution is -2.47. The molecule has 0 aromatic rings. The zero-order chi connectivity index (χ0) is 33.1. The van der Waals surface area contributed by atoms with Crippen LogP contribution in [-0.4, -0.2) is 43.7 Å². The van der Waals surface area contributed by atoms with Crippen LogP contribution in [0.15, 0.2) is 0 Å². The van der Waals surface area contributed by atoms with Gasteiger partial charge in [-0.25, -0.2) is 4.79 Å². The molecule has 0 fully saturated rings. The highest BCUT2D eigenvalue weighted by Gasteiger charge is 2.20. The van der Waals surface area contributed by atoms with Gasteiger partial charge in [0.1, 0.15) is 6.04 Å². The van der Waals surface area contributed by atoms with E-state index in [1.54, 1.807) is 0 Å². The molecule has 0 aliphatic heterocycles. The molecule has 0 bridgehead atoms. The van der Waals surface area contributed by atoms with Gasteiger partial charge in [-0.05, 0) is 25.7 Å². The molecule has 0 aromatic heterocycles. The number of carbonyl (C=O) groups excluding carboxylic acids is 2. The van der Waals surface area contributed by atoms with Crippen LogP contribution >= 0.6 is 12.4 Å². The van der Waals surface area contributed by atoms with E-state index in [1.165, 1.54) is 141 Å². The molecule has 46 heavy (non-hydrogen) atoms. The zero-order valence-electron chi connectivity index (χ0n) is 30.2. The molecule has 0 saturated carbocycles. The van der Waals surface area contributed by atoms with E-state index >= 15 is 0 Å². The molecule has 274 valence electrons. The van der Waals surface area contributed by atoms with Crippen LogP contribution < -0.4 is 21.7 Å². The Kier molecular flexibility index (Phi) is 38.1. The predicted molar refractivity (Wildman–Crippen MR) is 199 cm³/mol. The fourth-order valence-electron chi connectivity index (χ4n) is 5.74. The molecule has 0 aromatic carbocycles. The number of hydrogen-bond donors (Lipinski definition) is 5. The second-order valence-corrected chi connectivity index (χ2v) is 13.1. The summed E-state index contributed by atoms with van der Waals surface area (Å²) in [5.41, 5.74) is 5.36. The van der Waals surface area contributed by atoms with Crippen LogP contribution in [0.1, 0.15) is 194 Å². The van der Waals surface area contributed by atoms with E-state index in [-0.39, 0.29) is 24.3 Å². The van der Waals surface area contributed by atoms with E-state index in [2.05, 4.69) is 29.8 Å². The number of rotatable bonds is 34. The number of nitrogens with one attached hydrogen (secondary N) is 4. The molecule has 0 saturated heterocycles. The first-order valence-corrected chi connectivity index (χ1v) is 19.3. The molecular formula is C37H76ClN5O3. The van der Waals surface area contributed by atoms with Crippen LogP contribution in [0.4, 0.5) is 4.79 Å². The van der Waals surface area contributed by atoms with Crippen molar-refractivity contribution in [2.75, 3.05) is 19.7 Å². The lowest BCUT2D eigenvalue weighted by atomic mass is 10.0. The fraction of sp³-hybridized carbons (Fsp3) is 0.919. The Balaban J connectivity index is 0. The average Bonchev–Trinajstić information content (AvgIpc) is 3.02. The van der Waals surface area contributed by atoms with Crippen molar-refractivity contribution in [3.63, 3.8) is 0 Å². The monoisotopic (exact) mass is 674 g/mol. The molecule has 0 heterocycles. The van der Waals surface area contributed by atoms with Crippen LogP contribution in [0.2, 0.25) is 0 Å². The summed E-state index contributed by atoms with van der Waals surface area (Å²) in [5, 5.41) is 15.8. The summed E-state index contributed by atoms with van der Waals surface area (Å²) in [7, 11) is 0. The van der Waals surface area contributed by atoms with Crippen molar-refractivity contribution in [1.29, 1.82) is 5.41 Å². The number of ether oxygens (including phenoxy) is 1. The van der Waals surface area contributed by atoms with Gasteiger partial charge in [0, 0.05) is 13.1 Å². The topological polar surface area (TPSA) is 129 Å². The van der Waals surface area contributed by atoms with Crippen LogP contribution in [0.25, 0.3) is 0 Å². The summed E-state index contributed by atoms with van der Waals surface area (Å²) in [6.07, 6.45) is 33.9. The number of unbranched alkanes of at least 4 members (excludes halogenated alkanes) is 24. The maximum absolute atomic E-state index is 12.8. The third-order valence-electron chi connectivity index (χ3n) is 8.65. The molecule has 0 aliphatic carbocycles. The quantitative estimate of drug-likeness (QED) is 0.0264. The zero-order valence-corrected chi connectivity index (χ0v) is 31.0. The minimum atomic E-state index is -0.653. The van der Waals surface area contributed by atoms with Gasteiger partial charge in [-0.2, -0.15) is 0 Å². The third-order valence-corrected chi connectivity index (χ3v) is 8.65. The Bertz CT molecular complexity index is 683. The van der Waals surface area contributed by atoms with Gasteiger partial charge in [-0.1, -0.05) is 168 Å². The normalized spacial score (nSPS) is 11.4. The number of hydrogen-bond acceptors (Lipinski definition) is 4. The lowest BCUT2D eigenvalue weighted by molar-refractivity contribution is -0.123. The van der Waals surface area contributed by atoms with E-state index in [0.29, 0.717) is 32.5 Å². The van der Waals surface area contributed by atoms with E-state index in [4.69, 9.17) is 15.9 Å². The Morgan fingerprint density at radius 2 is 0.935 bits per heavy atom. The van der Waals surface area contributed by atoms with Gasteiger partial charge in [0.25, 0.3) is 0 Å². The molecule has 0 radical (unpaired) electrons. The first kappa shape index (κ1) is 46.4. The smallest absolute Gasteiger partial charge is 0.407 e. The van der Waals surface area contributed by atoms with Crippen molar-refractivity contribution < 1.29 is 14.3 Å². The molecule has 1 unspecified atom stereocenters. The Morgan fingerprint density at radius 1 is 0.565 bits per heavy atom. The van der Waals surface area contributed by atoms with Crippen molar-refractivity contribution in [3.8, 4) is 0 Å². The highest BCUT2D eigenvalue weighted by Crippen LogP contribution is 2.14. The second kappa shape index (κ2) is 37.8. The molecule has 8 nitrogen and oxygen atoms in total. The summed E-state index contributed by atoms with van der Waals surface area (Å²) in [6.45, 7) is 6.00. The van der Waals surface area contributed by atoms with E-state index in [0.717, 1.165) is 25.7 Å². The van der Waals surface area contributed by atoms with E-state index in [1.807, 2.05) is 0 Å². The number of amides is 2. The van der Waals surface area contributed by atoms with E-state index < -0.39 is 12.1 Å².